The Morgan fingerprint density at radius 2 is 2.31 bits per heavy atom. The van der Waals surface area contributed by atoms with Crippen molar-refractivity contribution in [1.29, 1.82) is 5.26 Å². The number of aromatic amines is 1. The minimum absolute atomic E-state index is 0.261. The molecule has 2 rings (SSSR count). The second-order valence-corrected chi connectivity index (χ2v) is 2.59. The van der Waals surface area contributed by atoms with E-state index in [1.165, 1.54) is 6.20 Å². The van der Waals surface area contributed by atoms with Crippen LogP contribution in [0.25, 0.3) is 11.0 Å². The van der Waals surface area contributed by atoms with Crippen molar-refractivity contribution < 1.29 is 0 Å². The molecule has 1 aromatic carbocycles. The summed E-state index contributed by atoms with van der Waals surface area (Å²) in [6, 6.07) is 6.95. The summed E-state index contributed by atoms with van der Waals surface area (Å²) >= 11 is 0. The Hall–Kier alpha value is -2.15. The Kier molecular flexibility index (Phi) is 1.57. The van der Waals surface area contributed by atoms with Crippen LogP contribution in [-0.2, 0) is 0 Å². The molecule has 2 aromatic rings. The van der Waals surface area contributed by atoms with E-state index in [1.807, 2.05) is 6.07 Å². The van der Waals surface area contributed by atoms with Gasteiger partial charge in [0.05, 0.1) is 28.9 Å². The van der Waals surface area contributed by atoms with Gasteiger partial charge in [0.1, 0.15) is 0 Å². The van der Waals surface area contributed by atoms with E-state index in [1.54, 1.807) is 18.2 Å². The van der Waals surface area contributed by atoms with Crippen LogP contribution >= 0.6 is 0 Å². The molecule has 62 valence electrons. The molecule has 0 unspecified atom stereocenters. The van der Waals surface area contributed by atoms with Crippen molar-refractivity contribution >= 4 is 11.0 Å². The van der Waals surface area contributed by atoms with Gasteiger partial charge in [0.2, 0.25) is 0 Å². The van der Waals surface area contributed by atoms with E-state index in [9.17, 15) is 4.79 Å². The van der Waals surface area contributed by atoms with Crippen LogP contribution < -0.4 is 5.56 Å². The quantitative estimate of drug-likeness (QED) is 0.637. The van der Waals surface area contributed by atoms with Crippen LogP contribution in [0.2, 0.25) is 0 Å². The number of nitrogens with zero attached hydrogens (tertiary/aromatic N) is 2. The van der Waals surface area contributed by atoms with Crippen molar-refractivity contribution in [2.45, 2.75) is 0 Å². The molecule has 0 bridgehead atoms. The van der Waals surface area contributed by atoms with Gasteiger partial charge in [-0.15, -0.1) is 0 Å². The fraction of sp³-hybridized carbons (Fsp3) is 0. The van der Waals surface area contributed by atoms with Crippen LogP contribution in [0.3, 0.4) is 0 Å². The molecule has 1 N–H and O–H groups in total. The van der Waals surface area contributed by atoms with Gasteiger partial charge in [0.15, 0.2) is 0 Å². The Labute approximate surface area is 73.5 Å². The summed E-state index contributed by atoms with van der Waals surface area (Å²) in [4.78, 5) is 17.4. The third-order valence-corrected chi connectivity index (χ3v) is 1.70. The lowest BCUT2D eigenvalue weighted by Crippen LogP contribution is -2.04. The summed E-state index contributed by atoms with van der Waals surface area (Å²) in [5.41, 5.74) is 1.52. The SMILES string of the molecule is N#Cc1ccc2ncc(=O)[nH]c2c1. The highest BCUT2D eigenvalue weighted by molar-refractivity contribution is 5.75. The van der Waals surface area contributed by atoms with Crippen molar-refractivity contribution in [3.8, 4) is 6.07 Å². The van der Waals surface area contributed by atoms with Crippen LogP contribution in [0.15, 0.2) is 29.2 Å². The Balaban J connectivity index is 2.84. The predicted octanol–water partition coefficient (Wildman–Crippen LogP) is 0.795. The van der Waals surface area contributed by atoms with Crippen molar-refractivity contribution in [1.82, 2.24) is 9.97 Å². The van der Waals surface area contributed by atoms with Crippen molar-refractivity contribution in [3.63, 3.8) is 0 Å². The van der Waals surface area contributed by atoms with Crippen molar-refractivity contribution in [2.75, 3.05) is 0 Å². The molecular formula is C9H5N3O. The minimum atomic E-state index is -0.261. The number of fused-ring (bicyclic) bond motifs is 1. The van der Waals surface area contributed by atoms with Crippen molar-refractivity contribution in [3.05, 3.63) is 40.3 Å². The number of H-pyrrole nitrogens is 1. The molecule has 0 aliphatic heterocycles. The van der Waals surface area contributed by atoms with Gasteiger partial charge >= 0.3 is 0 Å². The number of rotatable bonds is 0. The molecule has 0 aliphatic rings. The van der Waals surface area contributed by atoms with Crippen LogP contribution in [0.4, 0.5) is 0 Å². The van der Waals surface area contributed by atoms with E-state index in [2.05, 4.69) is 9.97 Å². The van der Waals surface area contributed by atoms with Crippen molar-refractivity contribution in [2.24, 2.45) is 0 Å². The van der Waals surface area contributed by atoms with Gasteiger partial charge in [-0.05, 0) is 18.2 Å². The maximum absolute atomic E-state index is 10.9. The average Bonchev–Trinajstić information content (AvgIpc) is 2.16. The summed E-state index contributed by atoms with van der Waals surface area (Å²) in [6.45, 7) is 0. The summed E-state index contributed by atoms with van der Waals surface area (Å²) in [7, 11) is 0. The van der Waals surface area contributed by atoms with Gasteiger partial charge in [-0.1, -0.05) is 0 Å². The number of nitrogens with one attached hydrogen (secondary N) is 1. The molecule has 0 atom stereocenters. The summed E-state index contributed by atoms with van der Waals surface area (Å²) in [6.07, 6.45) is 1.22. The third-order valence-electron chi connectivity index (χ3n) is 1.70. The van der Waals surface area contributed by atoms with E-state index < -0.39 is 0 Å². The van der Waals surface area contributed by atoms with Gasteiger partial charge in [-0.3, -0.25) is 4.79 Å². The first-order valence-electron chi connectivity index (χ1n) is 3.69. The van der Waals surface area contributed by atoms with Crippen LogP contribution in [-0.4, -0.2) is 9.97 Å². The predicted molar refractivity (Wildman–Crippen MR) is 47.1 cm³/mol. The van der Waals surface area contributed by atoms with Gasteiger partial charge in [0.25, 0.3) is 5.56 Å². The molecule has 4 nitrogen and oxygen atoms in total. The Bertz CT molecular complexity index is 551. The summed E-state index contributed by atoms with van der Waals surface area (Å²) in [5, 5.41) is 8.60. The number of hydrogen-bond acceptors (Lipinski definition) is 3. The monoisotopic (exact) mass is 171 g/mol. The molecule has 0 aliphatic carbocycles. The maximum Gasteiger partial charge on any atom is 0.266 e. The first-order chi connectivity index (χ1) is 6.29. The zero-order valence-corrected chi connectivity index (χ0v) is 6.61. The average molecular weight is 171 g/mol. The lowest BCUT2D eigenvalue weighted by Gasteiger charge is -1.94. The largest absolute Gasteiger partial charge is 0.319 e. The number of aromatic nitrogens is 2. The smallest absolute Gasteiger partial charge is 0.266 e. The van der Waals surface area contributed by atoms with E-state index in [0.29, 0.717) is 16.6 Å². The van der Waals surface area contributed by atoms with Gasteiger partial charge < -0.3 is 4.98 Å². The molecule has 4 heteroatoms. The zero-order valence-electron chi connectivity index (χ0n) is 6.61. The maximum atomic E-state index is 10.9. The number of benzene rings is 1. The lowest BCUT2D eigenvalue weighted by molar-refractivity contribution is 1.22. The Morgan fingerprint density at radius 1 is 1.46 bits per heavy atom. The molecule has 1 aromatic heterocycles. The fourth-order valence-corrected chi connectivity index (χ4v) is 1.11. The molecule has 0 amide bonds. The number of hydrogen-bond donors (Lipinski definition) is 1. The van der Waals surface area contributed by atoms with Gasteiger partial charge in [-0.25, -0.2) is 4.98 Å². The first-order valence-corrected chi connectivity index (χ1v) is 3.69. The van der Waals surface area contributed by atoms with E-state index in [4.69, 9.17) is 5.26 Å². The fourth-order valence-electron chi connectivity index (χ4n) is 1.11. The highest BCUT2D eigenvalue weighted by Gasteiger charge is 1.96. The topological polar surface area (TPSA) is 69.5 Å². The van der Waals surface area contributed by atoms with E-state index in [-0.39, 0.29) is 5.56 Å². The van der Waals surface area contributed by atoms with E-state index >= 15 is 0 Å². The van der Waals surface area contributed by atoms with E-state index in [0.717, 1.165) is 0 Å². The molecule has 0 fully saturated rings. The van der Waals surface area contributed by atoms with Crippen LogP contribution in [0.5, 0.6) is 0 Å². The summed E-state index contributed by atoms with van der Waals surface area (Å²) in [5.74, 6) is 0. The molecule has 0 saturated carbocycles. The van der Waals surface area contributed by atoms with Crippen LogP contribution in [0, 0.1) is 11.3 Å². The molecule has 13 heavy (non-hydrogen) atoms. The molecule has 0 radical (unpaired) electrons. The standard InChI is InChI=1S/C9H5N3O/c10-4-6-1-2-7-8(3-6)12-9(13)5-11-7/h1-3,5H,(H,12,13). The normalized spacial score (nSPS) is 9.77. The molecule has 0 saturated heterocycles. The molecule has 1 heterocycles. The Morgan fingerprint density at radius 3 is 3.08 bits per heavy atom. The lowest BCUT2D eigenvalue weighted by atomic mass is 10.2. The number of nitriles is 1. The zero-order chi connectivity index (χ0) is 9.26. The highest BCUT2D eigenvalue weighted by atomic mass is 16.1. The molecule has 0 spiro atoms. The second kappa shape index (κ2) is 2.72. The van der Waals surface area contributed by atoms with Crippen LogP contribution in [0.1, 0.15) is 5.56 Å². The highest BCUT2D eigenvalue weighted by Crippen LogP contribution is 2.08. The summed E-state index contributed by atoms with van der Waals surface area (Å²) < 4.78 is 0. The van der Waals surface area contributed by atoms with Gasteiger partial charge in [0, 0.05) is 0 Å². The molecular weight excluding hydrogens is 166 g/mol. The first kappa shape index (κ1) is 7.50. The van der Waals surface area contributed by atoms with Gasteiger partial charge in [-0.2, -0.15) is 5.26 Å². The third kappa shape index (κ3) is 1.27. The minimum Gasteiger partial charge on any atom is -0.319 e. The second-order valence-electron chi connectivity index (χ2n) is 2.59.